The Labute approximate surface area is 103 Å². The maximum absolute atomic E-state index is 13.6. The Kier molecular flexibility index (Phi) is 2.83. The topological polar surface area (TPSA) is 29.9 Å². The second-order valence-electron chi connectivity index (χ2n) is 4.50. The van der Waals surface area contributed by atoms with Gasteiger partial charge in [-0.2, -0.15) is 5.10 Å². The van der Waals surface area contributed by atoms with Gasteiger partial charge >= 0.3 is 0 Å². The van der Waals surface area contributed by atoms with E-state index in [1.807, 2.05) is 6.07 Å². The van der Waals surface area contributed by atoms with Crippen molar-refractivity contribution in [3.8, 4) is 5.69 Å². The fourth-order valence-electron chi connectivity index (χ4n) is 1.79. The van der Waals surface area contributed by atoms with E-state index in [4.69, 9.17) is 0 Å². The van der Waals surface area contributed by atoms with E-state index in [2.05, 4.69) is 10.4 Å². The molecule has 1 heterocycles. The third-order valence-electron chi connectivity index (χ3n) is 2.95. The van der Waals surface area contributed by atoms with Crippen LogP contribution in [0.5, 0.6) is 0 Å². The molecule has 1 aliphatic carbocycles. The highest BCUT2D eigenvalue weighted by atomic mass is 19.1. The summed E-state index contributed by atoms with van der Waals surface area (Å²) >= 11 is 0. The van der Waals surface area contributed by atoms with Crippen molar-refractivity contribution in [1.29, 1.82) is 0 Å². The summed E-state index contributed by atoms with van der Waals surface area (Å²) < 4.78 is 27.8. The van der Waals surface area contributed by atoms with Gasteiger partial charge in [-0.1, -0.05) is 0 Å². The van der Waals surface area contributed by atoms with Crippen LogP contribution in [0.4, 0.5) is 8.78 Å². The van der Waals surface area contributed by atoms with Crippen molar-refractivity contribution >= 4 is 0 Å². The molecular weight excluding hydrogens is 236 g/mol. The zero-order chi connectivity index (χ0) is 12.5. The van der Waals surface area contributed by atoms with Gasteiger partial charge in [0.1, 0.15) is 11.5 Å². The Balaban J connectivity index is 1.78. The zero-order valence-corrected chi connectivity index (χ0v) is 9.74. The molecule has 0 saturated heterocycles. The number of nitrogens with one attached hydrogen (secondary N) is 1. The van der Waals surface area contributed by atoms with Crippen molar-refractivity contribution in [3.63, 3.8) is 0 Å². The first-order valence-electron chi connectivity index (χ1n) is 5.96. The van der Waals surface area contributed by atoms with Gasteiger partial charge in [-0.05, 0) is 31.0 Å². The first-order valence-corrected chi connectivity index (χ1v) is 5.96. The maximum atomic E-state index is 13.6. The highest BCUT2D eigenvalue weighted by Crippen LogP contribution is 2.19. The van der Waals surface area contributed by atoms with Gasteiger partial charge in [0.05, 0.1) is 5.69 Å². The van der Waals surface area contributed by atoms with Crippen molar-refractivity contribution in [3.05, 3.63) is 47.8 Å². The normalized spacial score (nSPS) is 15.0. The number of hydrogen-bond acceptors (Lipinski definition) is 2. The maximum Gasteiger partial charge on any atom is 0.151 e. The van der Waals surface area contributed by atoms with Gasteiger partial charge in [0.2, 0.25) is 0 Å². The van der Waals surface area contributed by atoms with Crippen LogP contribution in [0.2, 0.25) is 0 Å². The molecule has 0 bridgehead atoms. The highest BCUT2D eigenvalue weighted by Gasteiger charge is 2.20. The molecule has 3 nitrogen and oxygen atoms in total. The average molecular weight is 249 g/mol. The summed E-state index contributed by atoms with van der Waals surface area (Å²) in [7, 11) is 0. The quantitative estimate of drug-likeness (QED) is 0.901. The van der Waals surface area contributed by atoms with Gasteiger partial charge in [0, 0.05) is 24.8 Å². The molecule has 0 unspecified atom stereocenters. The lowest BCUT2D eigenvalue weighted by atomic mass is 10.3. The molecular formula is C13H13F2N3. The predicted molar refractivity (Wildman–Crippen MR) is 63.3 cm³/mol. The molecule has 1 aliphatic rings. The molecule has 3 rings (SSSR count). The van der Waals surface area contributed by atoms with Crippen LogP contribution in [0.25, 0.3) is 5.69 Å². The predicted octanol–water partition coefficient (Wildman–Crippen LogP) is 2.40. The van der Waals surface area contributed by atoms with Crippen LogP contribution in [0.1, 0.15) is 18.5 Å². The van der Waals surface area contributed by atoms with Gasteiger partial charge < -0.3 is 5.32 Å². The lowest BCUT2D eigenvalue weighted by Gasteiger charge is -2.03. The van der Waals surface area contributed by atoms with Crippen molar-refractivity contribution in [1.82, 2.24) is 15.1 Å². The molecule has 5 heteroatoms. The molecule has 1 saturated carbocycles. The smallest absolute Gasteiger partial charge is 0.151 e. The summed E-state index contributed by atoms with van der Waals surface area (Å²) in [6.45, 7) is 0.681. The molecule has 0 atom stereocenters. The molecule has 94 valence electrons. The minimum atomic E-state index is -0.611. The molecule has 1 aromatic carbocycles. The molecule has 1 fully saturated rings. The lowest BCUT2D eigenvalue weighted by Crippen LogP contribution is -2.15. The third-order valence-corrected chi connectivity index (χ3v) is 2.95. The van der Waals surface area contributed by atoms with E-state index >= 15 is 0 Å². The number of nitrogens with zero attached hydrogens (tertiary/aromatic N) is 2. The first kappa shape index (κ1) is 11.3. The third kappa shape index (κ3) is 2.41. The van der Waals surface area contributed by atoms with Crippen LogP contribution in [-0.4, -0.2) is 15.8 Å². The fraction of sp³-hybridized carbons (Fsp3) is 0.308. The first-order chi connectivity index (χ1) is 8.72. The van der Waals surface area contributed by atoms with Gasteiger partial charge in [-0.25, -0.2) is 13.5 Å². The van der Waals surface area contributed by atoms with Crippen molar-refractivity contribution in [2.75, 3.05) is 0 Å². The fourth-order valence-corrected chi connectivity index (χ4v) is 1.79. The van der Waals surface area contributed by atoms with Gasteiger partial charge in [0.25, 0.3) is 0 Å². The number of aromatic nitrogens is 2. The number of hydrogen-bond donors (Lipinski definition) is 1. The van der Waals surface area contributed by atoms with Crippen LogP contribution < -0.4 is 5.32 Å². The molecule has 0 spiro atoms. The minimum absolute atomic E-state index is 0.258. The largest absolute Gasteiger partial charge is 0.308 e. The zero-order valence-electron chi connectivity index (χ0n) is 9.74. The van der Waals surface area contributed by atoms with E-state index in [1.165, 1.54) is 29.7 Å². The van der Waals surface area contributed by atoms with E-state index in [0.717, 1.165) is 11.8 Å². The summed E-state index contributed by atoms with van der Waals surface area (Å²) in [6.07, 6.45) is 4.11. The Morgan fingerprint density at radius 3 is 2.83 bits per heavy atom. The van der Waals surface area contributed by atoms with E-state index in [9.17, 15) is 8.78 Å². The van der Waals surface area contributed by atoms with Gasteiger partial charge in [0.15, 0.2) is 5.82 Å². The summed E-state index contributed by atoms with van der Waals surface area (Å²) in [6, 6.07) is 5.91. The SMILES string of the molecule is Fc1ccc(-n2ccc(CNC3CC3)n2)c(F)c1. The summed E-state index contributed by atoms with van der Waals surface area (Å²) in [5.74, 6) is -1.20. The Morgan fingerprint density at radius 1 is 1.28 bits per heavy atom. The lowest BCUT2D eigenvalue weighted by molar-refractivity contribution is 0.572. The molecule has 0 aliphatic heterocycles. The van der Waals surface area contributed by atoms with Crippen LogP contribution in [-0.2, 0) is 6.54 Å². The van der Waals surface area contributed by atoms with E-state index in [1.54, 1.807) is 6.20 Å². The van der Waals surface area contributed by atoms with Crippen LogP contribution in [0, 0.1) is 11.6 Å². The van der Waals surface area contributed by atoms with Gasteiger partial charge in [-0.15, -0.1) is 0 Å². The van der Waals surface area contributed by atoms with E-state index < -0.39 is 11.6 Å². The van der Waals surface area contributed by atoms with Crippen molar-refractivity contribution in [2.45, 2.75) is 25.4 Å². The highest BCUT2D eigenvalue weighted by molar-refractivity contribution is 5.33. The molecule has 0 radical (unpaired) electrons. The van der Waals surface area contributed by atoms with Crippen LogP contribution in [0.3, 0.4) is 0 Å². The Morgan fingerprint density at radius 2 is 2.11 bits per heavy atom. The molecule has 0 amide bonds. The average Bonchev–Trinajstić information content (AvgIpc) is 3.05. The van der Waals surface area contributed by atoms with Crippen LogP contribution in [0.15, 0.2) is 30.5 Å². The van der Waals surface area contributed by atoms with E-state index in [-0.39, 0.29) is 5.69 Å². The van der Waals surface area contributed by atoms with Crippen molar-refractivity contribution in [2.24, 2.45) is 0 Å². The molecule has 1 aromatic heterocycles. The van der Waals surface area contributed by atoms with Crippen LogP contribution >= 0.6 is 0 Å². The monoisotopic (exact) mass is 249 g/mol. The second-order valence-corrected chi connectivity index (χ2v) is 4.50. The summed E-state index contributed by atoms with van der Waals surface area (Å²) in [5.41, 5.74) is 1.11. The van der Waals surface area contributed by atoms with Gasteiger partial charge in [-0.3, -0.25) is 0 Å². The van der Waals surface area contributed by atoms with E-state index in [0.29, 0.717) is 12.6 Å². The number of halogens is 2. The number of benzene rings is 1. The molecule has 1 N–H and O–H groups in total. The number of rotatable bonds is 4. The molecule has 2 aromatic rings. The summed E-state index contributed by atoms with van der Waals surface area (Å²) in [5, 5.41) is 7.59. The summed E-state index contributed by atoms with van der Waals surface area (Å²) in [4.78, 5) is 0. The minimum Gasteiger partial charge on any atom is -0.308 e. The Hall–Kier alpha value is -1.75. The molecule has 18 heavy (non-hydrogen) atoms. The standard InChI is InChI=1S/C13H13F2N3/c14-9-1-4-13(12(15)7-9)18-6-5-11(17-18)8-16-10-2-3-10/h1,4-7,10,16H,2-3,8H2. The Bertz CT molecular complexity index is 561. The second kappa shape index (κ2) is 4.49. The van der Waals surface area contributed by atoms with Crippen molar-refractivity contribution < 1.29 is 8.78 Å².